The molecule has 0 spiro atoms. The number of benzene rings is 2. The molecule has 0 fully saturated rings. The minimum absolute atomic E-state index is 0.102. The van der Waals surface area contributed by atoms with Crippen molar-refractivity contribution in [3.05, 3.63) is 77.4 Å². The Morgan fingerprint density at radius 3 is 2.57 bits per heavy atom. The fourth-order valence-corrected chi connectivity index (χ4v) is 2.22. The topological polar surface area (TPSA) is 55.1 Å². The molecule has 0 aliphatic rings. The highest BCUT2D eigenvalue weighted by molar-refractivity contribution is 5.93. The van der Waals surface area contributed by atoms with Gasteiger partial charge >= 0.3 is 0 Å². The number of carbonyl (C=O) groups excluding carboxylic acids is 1. The molecule has 4 nitrogen and oxygen atoms in total. The van der Waals surface area contributed by atoms with Crippen LogP contribution < -0.4 is 5.32 Å². The number of amides is 1. The molecule has 3 aromatic rings. The van der Waals surface area contributed by atoms with Crippen molar-refractivity contribution in [3.63, 3.8) is 0 Å². The summed E-state index contributed by atoms with van der Waals surface area (Å²) in [5.41, 5.74) is 1.38. The molecule has 0 atom stereocenters. The van der Waals surface area contributed by atoms with E-state index in [4.69, 9.17) is 4.42 Å². The molecule has 0 unspecified atom stereocenters. The van der Waals surface area contributed by atoms with Crippen molar-refractivity contribution in [1.82, 2.24) is 10.3 Å². The average Bonchev–Trinajstić information content (AvgIpc) is 2.96. The van der Waals surface area contributed by atoms with Crippen LogP contribution in [-0.2, 0) is 6.54 Å². The van der Waals surface area contributed by atoms with E-state index in [0.717, 1.165) is 5.56 Å². The smallest absolute Gasteiger partial charge is 0.273 e. The molecule has 0 aliphatic heterocycles. The SMILES string of the molecule is Cc1oc(-c2ccccc2F)nc1C(=O)NCc1ccccc1. The van der Waals surface area contributed by atoms with Gasteiger partial charge in [-0.1, -0.05) is 42.5 Å². The molecule has 0 aliphatic carbocycles. The first-order valence-electron chi connectivity index (χ1n) is 7.19. The van der Waals surface area contributed by atoms with Gasteiger partial charge < -0.3 is 9.73 Å². The second-order valence-electron chi connectivity index (χ2n) is 5.07. The zero-order chi connectivity index (χ0) is 16.2. The van der Waals surface area contributed by atoms with Gasteiger partial charge in [0.1, 0.15) is 11.6 Å². The summed E-state index contributed by atoms with van der Waals surface area (Å²) >= 11 is 0. The monoisotopic (exact) mass is 310 g/mol. The molecule has 23 heavy (non-hydrogen) atoms. The van der Waals surface area contributed by atoms with E-state index in [9.17, 15) is 9.18 Å². The van der Waals surface area contributed by atoms with Crippen LogP contribution in [0, 0.1) is 12.7 Å². The van der Waals surface area contributed by atoms with Gasteiger partial charge in [-0.15, -0.1) is 0 Å². The van der Waals surface area contributed by atoms with Gasteiger partial charge in [0, 0.05) is 6.54 Å². The predicted molar refractivity (Wildman–Crippen MR) is 84.2 cm³/mol. The average molecular weight is 310 g/mol. The highest BCUT2D eigenvalue weighted by atomic mass is 19.1. The maximum Gasteiger partial charge on any atom is 0.273 e. The Bertz CT molecular complexity index is 828. The zero-order valence-electron chi connectivity index (χ0n) is 12.5. The molecule has 1 heterocycles. The molecule has 3 rings (SSSR count). The van der Waals surface area contributed by atoms with Crippen LogP contribution in [0.5, 0.6) is 0 Å². The van der Waals surface area contributed by atoms with Crippen molar-refractivity contribution in [2.24, 2.45) is 0 Å². The first-order valence-corrected chi connectivity index (χ1v) is 7.19. The maximum atomic E-state index is 13.8. The third-order valence-electron chi connectivity index (χ3n) is 3.41. The number of hydrogen-bond donors (Lipinski definition) is 1. The van der Waals surface area contributed by atoms with E-state index in [1.807, 2.05) is 30.3 Å². The zero-order valence-corrected chi connectivity index (χ0v) is 12.5. The van der Waals surface area contributed by atoms with E-state index in [1.54, 1.807) is 25.1 Å². The Morgan fingerprint density at radius 1 is 1.13 bits per heavy atom. The highest BCUT2D eigenvalue weighted by Crippen LogP contribution is 2.24. The van der Waals surface area contributed by atoms with Crippen LogP contribution in [0.1, 0.15) is 21.8 Å². The normalized spacial score (nSPS) is 10.5. The van der Waals surface area contributed by atoms with Crippen molar-refractivity contribution in [2.75, 3.05) is 0 Å². The van der Waals surface area contributed by atoms with E-state index in [1.165, 1.54) is 6.07 Å². The van der Waals surface area contributed by atoms with Crippen molar-refractivity contribution in [1.29, 1.82) is 0 Å². The molecular formula is C18H15FN2O2. The Balaban J connectivity index is 1.78. The van der Waals surface area contributed by atoms with Gasteiger partial charge in [0.15, 0.2) is 5.69 Å². The summed E-state index contributed by atoms with van der Waals surface area (Å²) in [4.78, 5) is 16.4. The number of hydrogen-bond acceptors (Lipinski definition) is 3. The van der Waals surface area contributed by atoms with Gasteiger partial charge in [0.05, 0.1) is 5.56 Å². The second kappa shape index (κ2) is 6.44. The molecule has 116 valence electrons. The molecule has 0 bridgehead atoms. The number of carbonyl (C=O) groups is 1. The highest BCUT2D eigenvalue weighted by Gasteiger charge is 2.19. The van der Waals surface area contributed by atoms with Crippen molar-refractivity contribution < 1.29 is 13.6 Å². The van der Waals surface area contributed by atoms with E-state index in [-0.39, 0.29) is 23.1 Å². The van der Waals surface area contributed by atoms with Crippen molar-refractivity contribution in [2.45, 2.75) is 13.5 Å². The molecule has 5 heteroatoms. The number of aryl methyl sites for hydroxylation is 1. The Morgan fingerprint density at radius 2 is 1.83 bits per heavy atom. The van der Waals surface area contributed by atoms with Crippen LogP contribution in [0.15, 0.2) is 59.0 Å². The summed E-state index contributed by atoms with van der Waals surface area (Å²) in [6.45, 7) is 2.02. The predicted octanol–water partition coefficient (Wildman–Crippen LogP) is 3.72. The lowest BCUT2D eigenvalue weighted by atomic mass is 10.2. The molecule has 1 aromatic heterocycles. The number of halogens is 1. The quantitative estimate of drug-likeness (QED) is 0.799. The lowest BCUT2D eigenvalue weighted by Gasteiger charge is -2.03. The number of oxazole rings is 1. The van der Waals surface area contributed by atoms with Crippen LogP contribution in [0.25, 0.3) is 11.5 Å². The summed E-state index contributed by atoms with van der Waals surface area (Å²) in [6, 6.07) is 15.7. The Kier molecular flexibility index (Phi) is 4.19. The van der Waals surface area contributed by atoms with E-state index < -0.39 is 5.82 Å². The fraction of sp³-hybridized carbons (Fsp3) is 0.111. The number of nitrogens with one attached hydrogen (secondary N) is 1. The summed E-state index contributed by atoms with van der Waals surface area (Å²) < 4.78 is 19.2. The molecule has 1 amide bonds. The fourth-order valence-electron chi connectivity index (χ4n) is 2.22. The van der Waals surface area contributed by atoms with Gasteiger partial charge in [0.25, 0.3) is 5.91 Å². The maximum absolute atomic E-state index is 13.8. The molecule has 0 saturated heterocycles. The van der Waals surface area contributed by atoms with Crippen molar-refractivity contribution >= 4 is 5.91 Å². The second-order valence-corrected chi connectivity index (χ2v) is 5.07. The third-order valence-corrected chi connectivity index (χ3v) is 3.41. The van der Waals surface area contributed by atoms with Crippen LogP contribution in [-0.4, -0.2) is 10.9 Å². The summed E-state index contributed by atoms with van der Waals surface area (Å²) in [7, 11) is 0. The van der Waals surface area contributed by atoms with Gasteiger partial charge in [-0.05, 0) is 24.6 Å². The van der Waals surface area contributed by atoms with E-state index >= 15 is 0 Å². The molecule has 0 saturated carbocycles. The number of nitrogens with zero attached hydrogens (tertiary/aromatic N) is 1. The minimum Gasteiger partial charge on any atom is -0.440 e. The summed E-state index contributed by atoms with van der Waals surface area (Å²) in [5, 5.41) is 2.78. The molecular weight excluding hydrogens is 295 g/mol. The Hall–Kier alpha value is -2.95. The van der Waals surface area contributed by atoms with E-state index in [2.05, 4.69) is 10.3 Å². The largest absolute Gasteiger partial charge is 0.440 e. The van der Waals surface area contributed by atoms with Gasteiger partial charge in [0.2, 0.25) is 5.89 Å². The summed E-state index contributed by atoms with van der Waals surface area (Å²) in [5.74, 6) is -0.332. The van der Waals surface area contributed by atoms with E-state index in [0.29, 0.717) is 12.3 Å². The first-order chi connectivity index (χ1) is 11.1. The standard InChI is InChI=1S/C18H15FN2O2/c1-12-16(17(22)20-11-13-7-3-2-4-8-13)21-18(23-12)14-9-5-6-10-15(14)19/h2-10H,11H2,1H3,(H,20,22). The first kappa shape index (κ1) is 15.0. The number of aromatic nitrogens is 1. The van der Waals surface area contributed by atoms with Crippen LogP contribution in [0.2, 0.25) is 0 Å². The van der Waals surface area contributed by atoms with Crippen LogP contribution >= 0.6 is 0 Å². The molecule has 2 aromatic carbocycles. The minimum atomic E-state index is -0.440. The van der Waals surface area contributed by atoms with Crippen LogP contribution in [0.4, 0.5) is 4.39 Å². The van der Waals surface area contributed by atoms with Gasteiger partial charge in [-0.2, -0.15) is 0 Å². The summed E-state index contributed by atoms with van der Waals surface area (Å²) in [6.07, 6.45) is 0. The third kappa shape index (κ3) is 3.29. The molecule has 1 N–H and O–H groups in total. The van der Waals surface area contributed by atoms with Gasteiger partial charge in [-0.25, -0.2) is 9.37 Å². The lowest BCUT2D eigenvalue weighted by Crippen LogP contribution is -2.23. The van der Waals surface area contributed by atoms with Crippen molar-refractivity contribution in [3.8, 4) is 11.5 Å². The van der Waals surface area contributed by atoms with Crippen LogP contribution in [0.3, 0.4) is 0 Å². The number of rotatable bonds is 4. The lowest BCUT2D eigenvalue weighted by molar-refractivity contribution is 0.0945. The molecule has 0 radical (unpaired) electrons. The van der Waals surface area contributed by atoms with Gasteiger partial charge in [-0.3, -0.25) is 4.79 Å². The Labute approximate surface area is 133 Å².